The number of nitrogens with two attached hydrogens (primary N) is 2. The first-order chi connectivity index (χ1) is 6.65. The normalized spacial score (nSPS) is 12.1. The molecule has 1 heterocycles. The predicted octanol–water partition coefficient (Wildman–Crippen LogP) is 1.15. The van der Waals surface area contributed by atoms with Crippen LogP contribution in [-0.2, 0) is 6.54 Å². The van der Waals surface area contributed by atoms with Crippen molar-refractivity contribution in [2.75, 3.05) is 0 Å². The van der Waals surface area contributed by atoms with Crippen molar-refractivity contribution in [1.82, 2.24) is 4.90 Å². The van der Waals surface area contributed by atoms with Crippen molar-refractivity contribution in [2.24, 2.45) is 16.7 Å². The highest BCUT2D eigenvalue weighted by Crippen LogP contribution is 2.13. The first-order valence-electron chi connectivity index (χ1n) is 4.47. The van der Waals surface area contributed by atoms with E-state index in [0.29, 0.717) is 12.0 Å². The van der Waals surface area contributed by atoms with Gasteiger partial charge in [-0.3, -0.25) is 0 Å². The number of guanidine groups is 1. The average Bonchev–Trinajstić information content (AvgIpc) is 2.65. The molecule has 0 radical (unpaired) electrons. The lowest BCUT2D eigenvalue weighted by Gasteiger charge is -2.26. The Morgan fingerprint density at radius 2 is 2.36 bits per heavy atom. The van der Waals surface area contributed by atoms with Gasteiger partial charge in [-0.25, -0.2) is 0 Å². The Bertz CT molecular complexity index is 292. The van der Waals surface area contributed by atoms with Gasteiger partial charge >= 0.3 is 0 Å². The topological polar surface area (TPSA) is 67.6 Å². The fourth-order valence-corrected chi connectivity index (χ4v) is 1.88. The smallest absolute Gasteiger partial charge is 0.213 e. The van der Waals surface area contributed by atoms with Crippen LogP contribution in [0.4, 0.5) is 0 Å². The molecule has 0 unspecified atom stereocenters. The molecular formula is C9H16N4S. The van der Waals surface area contributed by atoms with Crippen LogP contribution in [-0.4, -0.2) is 16.9 Å². The van der Waals surface area contributed by atoms with Gasteiger partial charge in [0.05, 0.1) is 6.54 Å². The highest BCUT2D eigenvalue weighted by molar-refractivity contribution is 7.09. The van der Waals surface area contributed by atoms with Gasteiger partial charge in [-0.15, -0.1) is 16.4 Å². The van der Waals surface area contributed by atoms with E-state index < -0.39 is 0 Å². The Hall–Kier alpha value is -1.23. The summed E-state index contributed by atoms with van der Waals surface area (Å²) >= 11 is 1.70. The van der Waals surface area contributed by atoms with Crippen molar-refractivity contribution in [2.45, 2.75) is 26.4 Å². The Morgan fingerprint density at radius 3 is 2.79 bits per heavy atom. The van der Waals surface area contributed by atoms with E-state index in [-0.39, 0.29) is 0 Å². The minimum atomic E-state index is 0.296. The quantitative estimate of drug-likeness (QED) is 0.342. The van der Waals surface area contributed by atoms with Crippen molar-refractivity contribution in [3.63, 3.8) is 0 Å². The van der Waals surface area contributed by atoms with Gasteiger partial charge in [-0.2, -0.15) is 0 Å². The maximum absolute atomic E-state index is 5.69. The zero-order valence-corrected chi connectivity index (χ0v) is 9.29. The number of nitrogens with zero attached hydrogens (tertiary/aromatic N) is 2. The molecule has 0 saturated carbocycles. The highest BCUT2D eigenvalue weighted by Gasteiger charge is 2.12. The summed E-state index contributed by atoms with van der Waals surface area (Å²) < 4.78 is 0. The van der Waals surface area contributed by atoms with Gasteiger partial charge in [0, 0.05) is 10.9 Å². The molecule has 0 bridgehead atoms. The van der Waals surface area contributed by atoms with E-state index in [4.69, 9.17) is 11.6 Å². The van der Waals surface area contributed by atoms with Crippen molar-refractivity contribution < 1.29 is 0 Å². The number of hydrogen-bond acceptors (Lipinski definition) is 3. The second-order valence-corrected chi connectivity index (χ2v) is 4.32. The fraction of sp³-hybridized carbons (Fsp3) is 0.444. The van der Waals surface area contributed by atoms with E-state index in [1.807, 2.05) is 16.3 Å². The first-order valence-corrected chi connectivity index (χ1v) is 5.35. The third-order valence-corrected chi connectivity index (χ3v) is 2.82. The summed E-state index contributed by atoms with van der Waals surface area (Å²) in [7, 11) is 0. The number of thiophene rings is 1. The van der Waals surface area contributed by atoms with Crippen molar-refractivity contribution >= 4 is 17.3 Å². The van der Waals surface area contributed by atoms with Crippen LogP contribution in [0.3, 0.4) is 0 Å². The molecule has 4 nitrogen and oxygen atoms in total. The first kappa shape index (κ1) is 10.8. The van der Waals surface area contributed by atoms with Crippen molar-refractivity contribution in [1.29, 1.82) is 0 Å². The second-order valence-electron chi connectivity index (χ2n) is 3.29. The van der Waals surface area contributed by atoms with Crippen molar-refractivity contribution in [3.05, 3.63) is 22.4 Å². The standard InChI is InChI=1S/C9H16N4S/c1-7(2)13(9(10)12-11)6-8-4-3-5-14-8/h3-5,7H,6,11H2,1-2H3,(H2,10,12). The number of hydrogen-bond donors (Lipinski definition) is 2. The average molecular weight is 212 g/mol. The maximum atomic E-state index is 5.69. The zero-order valence-electron chi connectivity index (χ0n) is 8.47. The minimum absolute atomic E-state index is 0.296. The molecule has 0 amide bonds. The van der Waals surface area contributed by atoms with Crippen LogP contribution < -0.4 is 11.6 Å². The van der Waals surface area contributed by atoms with Gasteiger partial charge in [0.15, 0.2) is 0 Å². The largest absolute Gasteiger partial charge is 0.368 e. The van der Waals surface area contributed by atoms with Crippen LogP contribution in [0.2, 0.25) is 0 Å². The molecule has 0 aromatic carbocycles. The molecule has 0 saturated heterocycles. The van der Waals surface area contributed by atoms with Gasteiger partial charge in [-0.05, 0) is 25.3 Å². The summed E-state index contributed by atoms with van der Waals surface area (Å²) in [6.07, 6.45) is 0. The van der Waals surface area contributed by atoms with E-state index >= 15 is 0 Å². The third-order valence-electron chi connectivity index (χ3n) is 1.96. The lowest BCUT2D eigenvalue weighted by atomic mass is 10.3. The van der Waals surface area contributed by atoms with Gasteiger partial charge in [-0.1, -0.05) is 6.07 Å². The summed E-state index contributed by atoms with van der Waals surface area (Å²) in [5, 5.41) is 5.56. The van der Waals surface area contributed by atoms with E-state index in [2.05, 4.69) is 25.0 Å². The Balaban J connectivity index is 2.70. The Morgan fingerprint density at radius 1 is 1.64 bits per heavy atom. The molecule has 4 N–H and O–H groups in total. The lowest BCUT2D eigenvalue weighted by Crippen LogP contribution is -2.42. The van der Waals surface area contributed by atoms with Gasteiger partial charge in [0.2, 0.25) is 5.96 Å². The van der Waals surface area contributed by atoms with Crippen LogP contribution in [0.5, 0.6) is 0 Å². The molecule has 0 atom stereocenters. The molecule has 0 spiro atoms. The van der Waals surface area contributed by atoms with Crippen LogP contribution in [0, 0.1) is 0 Å². The summed E-state index contributed by atoms with van der Waals surface area (Å²) in [5.74, 6) is 5.55. The van der Waals surface area contributed by atoms with Crippen molar-refractivity contribution in [3.8, 4) is 0 Å². The molecule has 5 heteroatoms. The molecular weight excluding hydrogens is 196 g/mol. The van der Waals surface area contributed by atoms with Crippen LogP contribution in [0.15, 0.2) is 22.6 Å². The molecule has 0 aliphatic rings. The van der Waals surface area contributed by atoms with E-state index in [1.165, 1.54) is 4.88 Å². The Labute approximate surface area is 88.2 Å². The minimum Gasteiger partial charge on any atom is -0.368 e. The SMILES string of the molecule is CC(C)N(Cc1cccs1)C(N)=NN. The fourth-order valence-electron chi connectivity index (χ4n) is 1.17. The predicted molar refractivity (Wildman–Crippen MR) is 60.8 cm³/mol. The molecule has 14 heavy (non-hydrogen) atoms. The summed E-state index contributed by atoms with van der Waals surface area (Å²) in [5.41, 5.74) is 5.69. The molecule has 1 aromatic heterocycles. The lowest BCUT2D eigenvalue weighted by molar-refractivity contribution is 0.340. The maximum Gasteiger partial charge on any atom is 0.213 e. The molecule has 1 aromatic rings. The highest BCUT2D eigenvalue weighted by atomic mass is 32.1. The van der Waals surface area contributed by atoms with E-state index in [0.717, 1.165) is 6.54 Å². The van der Waals surface area contributed by atoms with Gasteiger partial charge in [0.1, 0.15) is 0 Å². The monoisotopic (exact) mass is 212 g/mol. The number of hydrazone groups is 1. The molecule has 78 valence electrons. The molecule has 1 rings (SSSR count). The summed E-state index contributed by atoms with van der Waals surface area (Å²) in [4.78, 5) is 3.22. The summed E-state index contributed by atoms with van der Waals surface area (Å²) in [6, 6.07) is 4.39. The third kappa shape index (κ3) is 2.63. The molecule has 0 aliphatic carbocycles. The van der Waals surface area contributed by atoms with Crippen LogP contribution in [0.1, 0.15) is 18.7 Å². The zero-order chi connectivity index (χ0) is 10.6. The van der Waals surface area contributed by atoms with Gasteiger partial charge < -0.3 is 16.5 Å². The number of rotatable bonds is 3. The molecule has 0 fully saturated rings. The Kier molecular flexibility index (Phi) is 3.76. The van der Waals surface area contributed by atoms with Gasteiger partial charge in [0.25, 0.3) is 0 Å². The van der Waals surface area contributed by atoms with E-state index in [9.17, 15) is 0 Å². The van der Waals surface area contributed by atoms with Crippen LogP contribution in [0.25, 0.3) is 0 Å². The second kappa shape index (κ2) is 4.85. The van der Waals surface area contributed by atoms with Crippen LogP contribution >= 0.6 is 11.3 Å². The summed E-state index contributed by atoms with van der Waals surface area (Å²) in [6.45, 7) is 4.89. The molecule has 0 aliphatic heterocycles. The van der Waals surface area contributed by atoms with E-state index in [1.54, 1.807) is 11.3 Å².